The fraction of sp³-hybridized carbons (Fsp3) is 0.308. The van der Waals surface area contributed by atoms with Crippen molar-refractivity contribution in [1.82, 2.24) is 14.8 Å². The molecule has 0 spiro atoms. The number of nitrogens with zero attached hydrogens (tertiary/aromatic N) is 3. The molecule has 1 heterocycles. The van der Waals surface area contributed by atoms with Crippen LogP contribution in [0.2, 0.25) is 0 Å². The average Bonchev–Trinajstić information content (AvgIpc) is 2.82. The second-order valence-corrected chi connectivity index (χ2v) is 4.31. The predicted molar refractivity (Wildman–Crippen MR) is 71.8 cm³/mol. The average molecular weight is 276 g/mol. The molecule has 0 unspecified atom stereocenters. The summed E-state index contributed by atoms with van der Waals surface area (Å²) in [5, 5.41) is 16.9. The molecule has 20 heavy (non-hydrogen) atoms. The fourth-order valence-corrected chi connectivity index (χ4v) is 1.81. The number of hydrogen-bond donors (Lipinski definition) is 2. The summed E-state index contributed by atoms with van der Waals surface area (Å²) in [6, 6.07) is 6.23. The molecule has 0 aliphatic heterocycles. The van der Waals surface area contributed by atoms with E-state index in [0.717, 1.165) is 0 Å². The molecule has 1 aromatic heterocycles. The minimum Gasteiger partial charge on any atom is -0.478 e. The van der Waals surface area contributed by atoms with Gasteiger partial charge in [-0.25, -0.2) is 4.79 Å². The Balaban J connectivity index is 2.30. The lowest BCUT2D eigenvalue weighted by molar-refractivity contribution is 0.0696. The van der Waals surface area contributed by atoms with Crippen molar-refractivity contribution in [3.63, 3.8) is 0 Å². The first-order valence-electron chi connectivity index (χ1n) is 6.22. The van der Waals surface area contributed by atoms with Gasteiger partial charge in [0.25, 0.3) is 0 Å². The van der Waals surface area contributed by atoms with Crippen LogP contribution in [0.1, 0.15) is 36.1 Å². The second kappa shape index (κ2) is 5.70. The molecular weight excluding hydrogens is 260 g/mol. The first-order valence-corrected chi connectivity index (χ1v) is 6.22. The van der Waals surface area contributed by atoms with E-state index in [4.69, 9.17) is 15.6 Å². The summed E-state index contributed by atoms with van der Waals surface area (Å²) in [6.45, 7) is 4.35. The smallest absolute Gasteiger partial charge is 0.335 e. The Morgan fingerprint density at radius 2 is 2.25 bits per heavy atom. The van der Waals surface area contributed by atoms with E-state index in [2.05, 4.69) is 10.2 Å². The van der Waals surface area contributed by atoms with Gasteiger partial charge >= 0.3 is 12.0 Å². The number of carboxylic acids is 1. The number of aromatic nitrogens is 3. The van der Waals surface area contributed by atoms with Crippen LogP contribution < -0.4 is 10.5 Å². The molecule has 1 aromatic carbocycles. The molecule has 0 bridgehead atoms. The van der Waals surface area contributed by atoms with Gasteiger partial charge in [0.2, 0.25) is 0 Å². The molecule has 0 aliphatic carbocycles. The van der Waals surface area contributed by atoms with Crippen molar-refractivity contribution in [2.24, 2.45) is 5.73 Å². The third-order valence-corrected chi connectivity index (χ3v) is 2.76. The molecule has 0 aliphatic rings. The highest BCUT2D eigenvalue weighted by molar-refractivity contribution is 5.88. The Morgan fingerprint density at radius 1 is 1.50 bits per heavy atom. The first kappa shape index (κ1) is 14.0. The topological polar surface area (TPSA) is 103 Å². The zero-order valence-electron chi connectivity index (χ0n) is 11.3. The molecule has 1 atom stereocenters. The Bertz CT molecular complexity index is 622. The van der Waals surface area contributed by atoms with E-state index >= 15 is 0 Å². The maximum absolute atomic E-state index is 10.9. The molecule has 7 nitrogen and oxygen atoms in total. The molecule has 0 saturated heterocycles. The van der Waals surface area contributed by atoms with Gasteiger partial charge in [-0.3, -0.25) is 4.57 Å². The SMILES string of the molecule is CCn1c(Oc2cccc(C(=O)O)c2)nnc1[C@@H](C)N. The molecule has 7 heteroatoms. The lowest BCUT2D eigenvalue weighted by atomic mass is 10.2. The molecule has 106 valence electrons. The Morgan fingerprint density at radius 3 is 2.85 bits per heavy atom. The first-order chi connectivity index (χ1) is 9.52. The molecule has 0 radical (unpaired) electrons. The van der Waals surface area contributed by atoms with E-state index in [9.17, 15) is 4.79 Å². The van der Waals surface area contributed by atoms with E-state index in [1.54, 1.807) is 16.7 Å². The van der Waals surface area contributed by atoms with Crippen LogP contribution in [0.25, 0.3) is 0 Å². The van der Waals surface area contributed by atoms with E-state index in [-0.39, 0.29) is 11.6 Å². The van der Waals surface area contributed by atoms with Gasteiger partial charge in [-0.2, -0.15) is 0 Å². The molecule has 2 rings (SSSR count). The van der Waals surface area contributed by atoms with Crippen LogP contribution in [0.5, 0.6) is 11.8 Å². The van der Waals surface area contributed by atoms with Crippen molar-refractivity contribution in [2.45, 2.75) is 26.4 Å². The number of ether oxygens (including phenoxy) is 1. The van der Waals surface area contributed by atoms with Crippen LogP contribution in [0.15, 0.2) is 24.3 Å². The van der Waals surface area contributed by atoms with E-state index in [0.29, 0.717) is 24.1 Å². The van der Waals surface area contributed by atoms with Crippen molar-refractivity contribution in [3.05, 3.63) is 35.7 Å². The van der Waals surface area contributed by atoms with Gasteiger partial charge in [-0.1, -0.05) is 11.2 Å². The highest BCUT2D eigenvalue weighted by Gasteiger charge is 2.16. The second-order valence-electron chi connectivity index (χ2n) is 4.31. The van der Waals surface area contributed by atoms with Crippen LogP contribution >= 0.6 is 0 Å². The van der Waals surface area contributed by atoms with Crippen molar-refractivity contribution >= 4 is 5.97 Å². The van der Waals surface area contributed by atoms with Crippen LogP contribution in [0.4, 0.5) is 0 Å². The highest BCUT2D eigenvalue weighted by Crippen LogP contribution is 2.23. The summed E-state index contributed by atoms with van der Waals surface area (Å²) in [6.07, 6.45) is 0. The van der Waals surface area contributed by atoms with Gasteiger partial charge in [0.15, 0.2) is 5.82 Å². The summed E-state index contributed by atoms with van der Waals surface area (Å²) >= 11 is 0. The van der Waals surface area contributed by atoms with Crippen LogP contribution in [-0.4, -0.2) is 25.8 Å². The van der Waals surface area contributed by atoms with E-state index in [1.807, 2.05) is 13.8 Å². The lowest BCUT2D eigenvalue weighted by Gasteiger charge is -2.10. The van der Waals surface area contributed by atoms with E-state index in [1.165, 1.54) is 12.1 Å². The molecular formula is C13H16N4O3. The van der Waals surface area contributed by atoms with Crippen molar-refractivity contribution in [1.29, 1.82) is 0 Å². The molecule has 3 N–H and O–H groups in total. The summed E-state index contributed by atoms with van der Waals surface area (Å²) in [7, 11) is 0. The van der Waals surface area contributed by atoms with Gasteiger partial charge in [-0.15, -0.1) is 5.10 Å². The van der Waals surface area contributed by atoms with E-state index < -0.39 is 5.97 Å². The number of benzene rings is 1. The van der Waals surface area contributed by atoms with Gasteiger partial charge < -0.3 is 15.6 Å². The number of carbonyl (C=O) groups is 1. The zero-order valence-corrected chi connectivity index (χ0v) is 11.3. The minimum atomic E-state index is -1.01. The van der Waals surface area contributed by atoms with Gasteiger partial charge in [0.05, 0.1) is 11.6 Å². The Hall–Kier alpha value is -2.41. The van der Waals surface area contributed by atoms with Crippen molar-refractivity contribution in [2.75, 3.05) is 0 Å². The molecule has 0 fully saturated rings. The van der Waals surface area contributed by atoms with Crippen LogP contribution in [0.3, 0.4) is 0 Å². The minimum absolute atomic E-state index is 0.150. The van der Waals surface area contributed by atoms with Crippen molar-refractivity contribution in [3.8, 4) is 11.8 Å². The normalized spacial score (nSPS) is 12.2. The predicted octanol–water partition coefficient (Wildman–Crippen LogP) is 1.81. The number of nitrogens with two attached hydrogens (primary N) is 1. The summed E-state index contributed by atoms with van der Waals surface area (Å²) < 4.78 is 7.34. The third-order valence-electron chi connectivity index (χ3n) is 2.76. The molecule has 0 saturated carbocycles. The number of hydrogen-bond acceptors (Lipinski definition) is 5. The Labute approximate surface area is 116 Å². The number of carboxylic acid groups (broad SMARTS) is 1. The summed E-state index contributed by atoms with van der Waals surface area (Å²) in [5.41, 5.74) is 5.95. The van der Waals surface area contributed by atoms with Crippen LogP contribution in [0, 0.1) is 0 Å². The van der Waals surface area contributed by atoms with Crippen LogP contribution in [-0.2, 0) is 6.54 Å². The lowest BCUT2D eigenvalue weighted by Crippen LogP contribution is -2.13. The molecule has 0 amide bonds. The van der Waals surface area contributed by atoms with Gasteiger partial charge in [-0.05, 0) is 32.0 Å². The molecule has 2 aromatic rings. The number of rotatable bonds is 5. The van der Waals surface area contributed by atoms with Gasteiger partial charge in [0, 0.05) is 6.54 Å². The summed E-state index contributed by atoms with van der Waals surface area (Å²) in [5.74, 6) is 0.00351. The summed E-state index contributed by atoms with van der Waals surface area (Å²) in [4.78, 5) is 10.9. The Kier molecular flexibility index (Phi) is 3.99. The van der Waals surface area contributed by atoms with Gasteiger partial charge in [0.1, 0.15) is 5.75 Å². The fourth-order valence-electron chi connectivity index (χ4n) is 1.81. The van der Waals surface area contributed by atoms with Crippen molar-refractivity contribution < 1.29 is 14.6 Å². The maximum Gasteiger partial charge on any atom is 0.335 e. The highest BCUT2D eigenvalue weighted by atomic mass is 16.5. The monoisotopic (exact) mass is 276 g/mol. The zero-order chi connectivity index (χ0) is 14.7. The quantitative estimate of drug-likeness (QED) is 0.863. The maximum atomic E-state index is 10.9. The largest absolute Gasteiger partial charge is 0.478 e. The third kappa shape index (κ3) is 2.77. The standard InChI is InChI=1S/C13H16N4O3/c1-3-17-11(8(2)14)15-16-13(17)20-10-6-4-5-9(7-10)12(18)19/h4-8H,3,14H2,1-2H3,(H,18,19)/t8-/m1/s1. The number of aromatic carboxylic acids is 1.